The molecule has 1 aromatic heterocycles. The van der Waals surface area contributed by atoms with Gasteiger partial charge in [-0.15, -0.1) is 11.3 Å². The van der Waals surface area contributed by atoms with E-state index in [-0.39, 0.29) is 11.1 Å². The zero-order valence-corrected chi connectivity index (χ0v) is 12.2. The van der Waals surface area contributed by atoms with Crippen molar-refractivity contribution < 1.29 is 13.2 Å². The van der Waals surface area contributed by atoms with Gasteiger partial charge in [0.15, 0.2) is 17.5 Å². The Labute approximate surface area is 119 Å². The van der Waals surface area contributed by atoms with Crippen molar-refractivity contribution in [1.29, 1.82) is 0 Å². The van der Waals surface area contributed by atoms with Crippen LogP contribution in [0.3, 0.4) is 0 Å². The van der Waals surface area contributed by atoms with Crippen LogP contribution < -0.4 is 5.32 Å². The SMILES string of the molecule is CC(C)(C)c1nc(CNc2cc(F)c(F)c(F)c2)cs1. The quantitative estimate of drug-likeness (QED) is 0.846. The highest BCUT2D eigenvalue weighted by Crippen LogP contribution is 2.26. The van der Waals surface area contributed by atoms with Crippen LogP contribution in [0, 0.1) is 17.5 Å². The van der Waals surface area contributed by atoms with E-state index in [1.165, 1.54) is 0 Å². The summed E-state index contributed by atoms with van der Waals surface area (Å²) in [6.07, 6.45) is 0. The molecule has 0 aliphatic carbocycles. The molecule has 1 aromatic carbocycles. The van der Waals surface area contributed by atoms with E-state index < -0.39 is 17.5 Å². The summed E-state index contributed by atoms with van der Waals surface area (Å²) in [5.41, 5.74) is 0.938. The molecule has 0 bridgehead atoms. The van der Waals surface area contributed by atoms with Gasteiger partial charge in [0.05, 0.1) is 17.2 Å². The minimum absolute atomic E-state index is 0.0307. The molecule has 108 valence electrons. The van der Waals surface area contributed by atoms with E-state index in [1.807, 2.05) is 5.38 Å². The molecular formula is C14H15F3N2S. The summed E-state index contributed by atoms with van der Waals surface area (Å²) in [5.74, 6) is -3.87. The number of nitrogens with zero attached hydrogens (tertiary/aromatic N) is 1. The molecule has 2 nitrogen and oxygen atoms in total. The van der Waals surface area contributed by atoms with E-state index in [0.29, 0.717) is 6.54 Å². The number of rotatable bonds is 3. The van der Waals surface area contributed by atoms with Crippen molar-refractivity contribution in [2.24, 2.45) is 0 Å². The number of nitrogens with one attached hydrogen (secondary N) is 1. The number of thiazole rings is 1. The van der Waals surface area contributed by atoms with Crippen molar-refractivity contribution in [2.45, 2.75) is 32.7 Å². The molecule has 6 heteroatoms. The number of hydrogen-bond donors (Lipinski definition) is 1. The maximum Gasteiger partial charge on any atom is 0.194 e. The second kappa shape index (κ2) is 5.44. The fourth-order valence-corrected chi connectivity index (χ4v) is 2.49. The smallest absolute Gasteiger partial charge is 0.194 e. The monoisotopic (exact) mass is 300 g/mol. The Morgan fingerprint density at radius 2 is 1.75 bits per heavy atom. The van der Waals surface area contributed by atoms with Crippen molar-refractivity contribution >= 4 is 17.0 Å². The predicted molar refractivity (Wildman–Crippen MR) is 74.5 cm³/mol. The molecule has 20 heavy (non-hydrogen) atoms. The first-order chi connectivity index (χ1) is 9.27. The van der Waals surface area contributed by atoms with Gasteiger partial charge in [0.1, 0.15) is 0 Å². The van der Waals surface area contributed by atoms with Gasteiger partial charge in [-0.25, -0.2) is 18.2 Å². The molecule has 0 aliphatic rings. The summed E-state index contributed by atoms with van der Waals surface area (Å²) >= 11 is 1.54. The highest BCUT2D eigenvalue weighted by Gasteiger charge is 2.18. The highest BCUT2D eigenvalue weighted by atomic mass is 32.1. The Morgan fingerprint density at radius 1 is 1.15 bits per heavy atom. The van der Waals surface area contributed by atoms with Crippen molar-refractivity contribution in [2.75, 3.05) is 5.32 Å². The third kappa shape index (κ3) is 3.30. The lowest BCUT2D eigenvalue weighted by Crippen LogP contribution is -2.11. The Hall–Kier alpha value is -1.56. The Balaban J connectivity index is 2.08. The van der Waals surface area contributed by atoms with Crippen molar-refractivity contribution in [3.63, 3.8) is 0 Å². The molecule has 0 radical (unpaired) electrons. The standard InChI is InChI=1S/C14H15F3N2S/c1-14(2,3)13-19-9(7-20-13)6-18-8-4-10(15)12(17)11(16)5-8/h4-5,7,18H,6H2,1-3H3. The normalized spacial score (nSPS) is 11.7. The molecule has 0 saturated carbocycles. The number of aromatic nitrogens is 1. The van der Waals surface area contributed by atoms with Gasteiger partial charge < -0.3 is 5.32 Å². The fourth-order valence-electron chi connectivity index (χ4n) is 1.58. The zero-order chi connectivity index (χ0) is 14.9. The Bertz CT molecular complexity index is 594. The third-order valence-electron chi connectivity index (χ3n) is 2.65. The number of hydrogen-bond acceptors (Lipinski definition) is 3. The second-order valence-corrected chi connectivity index (χ2v) is 6.36. The molecule has 0 unspecified atom stereocenters. The summed E-state index contributed by atoms with van der Waals surface area (Å²) in [5, 5.41) is 5.72. The molecule has 0 atom stereocenters. The first-order valence-corrected chi connectivity index (χ1v) is 6.98. The average Bonchev–Trinajstić information content (AvgIpc) is 2.82. The lowest BCUT2D eigenvalue weighted by Gasteiger charge is -2.13. The van der Waals surface area contributed by atoms with Crippen LogP contribution in [0.1, 0.15) is 31.5 Å². The average molecular weight is 300 g/mol. The lowest BCUT2D eigenvalue weighted by molar-refractivity contribution is 0.447. The van der Waals surface area contributed by atoms with Crippen molar-refractivity contribution in [3.8, 4) is 0 Å². The molecule has 1 N–H and O–H groups in total. The van der Waals surface area contributed by atoms with Gasteiger partial charge in [0.25, 0.3) is 0 Å². The van der Waals surface area contributed by atoms with Crippen LogP contribution in [0.4, 0.5) is 18.9 Å². The molecule has 0 fully saturated rings. The van der Waals surface area contributed by atoms with Gasteiger partial charge >= 0.3 is 0 Å². The number of anilines is 1. The fraction of sp³-hybridized carbons (Fsp3) is 0.357. The molecule has 0 spiro atoms. The van der Waals surface area contributed by atoms with Crippen LogP contribution in [0.2, 0.25) is 0 Å². The largest absolute Gasteiger partial charge is 0.379 e. The number of benzene rings is 1. The molecule has 0 aliphatic heterocycles. The topological polar surface area (TPSA) is 24.9 Å². The zero-order valence-electron chi connectivity index (χ0n) is 11.4. The Kier molecular flexibility index (Phi) is 4.04. The summed E-state index contributed by atoms with van der Waals surface area (Å²) < 4.78 is 38.9. The summed E-state index contributed by atoms with van der Waals surface area (Å²) in [6, 6.07) is 1.85. The van der Waals surface area contributed by atoms with Crippen molar-refractivity contribution in [3.05, 3.63) is 45.7 Å². The van der Waals surface area contributed by atoms with Crippen LogP contribution in [0.5, 0.6) is 0 Å². The van der Waals surface area contributed by atoms with Gasteiger partial charge in [-0.05, 0) is 0 Å². The van der Waals surface area contributed by atoms with E-state index in [2.05, 4.69) is 31.1 Å². The first kappa shape index (κ1) is 14.8. The van der Waals surface area contributed by atoms with Crippen LogP contribution >= 0.6 is 11.3 Å². The van der Waals surface area contributed by atoms with Crippen molar-refractivity contribution in [1.82, 2.24) is 4.98 Å². The van der Waals surface area contributed by atoms with E-state index in [9.17, 15) is 13.2 Å². The summed E-state index contributed by atoms with van der Waals surface area (Å²) in [4.78, 5) is 4.45. The number of halogens is 3. The van der Waals surface area contributed by atoms with E-state index in [1.54, 1.807) is 11.3 Å². The van der Waals surface area contributed by atoms with Crippen LogP contribution in [-0.4, -0.2) is 4.98 Å². The van der Waals surface area contributed by atoms with Gasteiger partial charge in [-0.2, -0.15) is 0 Å². The predicted octanol–water partition coefficient (Wildman–Crippen LogP) is 4.47. The van der Waals surface area contributed by atoms with E-state index in [4.69, 9.17) is 0 Å². The van der Waals surface area contributed by atoms with Gasteiger partial charge in [0.2, 0.25) is 0 Å². The van der Waals surface area contributed by atoms with E-state index in [0.717, 1.165) is 22.8 Å². The maximum atomic E-state index is 13.1. The van der Waals surface area contributed by atoms with Gasteiger partial charge in [-0.3, -0.25) is 0 Å². The van der Waals surface area contributed by atoms with Crippen LogP contribution in [-0.2, 0) is 12.0 Å². The van der Waals surface area contributed by atoms with Crippen LogP contribution in [0.25, 0.3) is 0 Å². The minimum atomic E-state index is -1.46. The second-order valence-electron chi connectivity index (χ2n) is 5.50. The molecule has 0 amide bonds. The highest BCUT2D eigenvalue weighted by molar-refractivity contribution is 7.09. The summed E-state index contributed by atoms with van der Waals surface area (Å²) in [7, 11) is 0. The maximum absolute atomic E-state index is 13.1. The van der Waals surface area contributed by atoms with Crippen LogP contribution in [0.15, 0.2) is 17.5 Å². The Morgan fingerprint density at radius 3 is 2.25 bits per heavy atom. The molecule has 0 saturated heterocycles. The molecule has 2 aromatic rings. The minimum Gasteiger partial charge on any atom is -0.379 e. The molecule has 1 heterocycles. The third-order valence-corrected chi connectivity index (χ3v) is 3.97. The molecular weight excluding hydrogens is 285 g/mol. The molecule has 2 rings (SSSR count). The first-order valence-electron chi connectivity index (χ1n) is 6.10. The lowest BCUT2D eigenvalue weighted by atomic mass is 9.98. The van der Waals surface area contributed by atoms with Gasteiger partial charge in [0, 0.05) is 28.6 Å². The van der Waals surface area contributed by atoms with Gasteiger partial charge in [-0.1, -0.05) is 20.8 Å². The van der Waals surface area contributed by atoms with E-state index >= 15 is 0 Å². The summed E-state index contributed by atoms with van der Waals surface area (Å²) in [6.45, 7) is 6.52.